The number of hydrogen-bond acceptors (Lipinski definition) is 1. The monoisotopic (exact) mass is 272 g/mol. The highest BCUT2D eigenvalue weighted by Gasteiger charge is 2.18. The smallest absolute Gasteiger partial charge is 0.202 e. The molecule has 0 aliphatic heterocycles. The van der Waals surface area contributed by atoms with Crippen molar-refractivity contribution >= 4 is 26.7 Å². The van der Waals surface area contributed by atoms with Crippen molar-refractivity contribution in [1.29, 1.82) is 0 Å². The maximum Gasteiger partial charge on any atom is 0.202 e. The molecule has 0 aromatic heterocycles. The summed E-state index contributed by atoms with van der Waals surface area (Å²) < 4.78 is 32.2. The first-order valence-electron chi connectivity index (χ1n) is 4.26. The maximum atomic E-state index is 13.5. The average molecular weight is 273 g/mol. The van der Waals surface area contributed by atoms with Gasteiger partial charge < -0.3 is 4.74 Å². The zero-order chi connectivity index (χ0) is 11.0. The van der Waals surface area contributed by atoms with Crippen LogP contribution in [0.1, 0.15) is 0 Å². The molecule has 78 valence electrons. The summed E-state index contributed by atoms with van der Waals surface area (Å²) in [5.74, 6) is -1.96. The van der Waals surface area contributed by atoms with Gasteiger partial charge in [0.1, 0.15) is 0 Å². The Labute approximate surface area is 93.8 Å². The number of benzene rings is 2. The Balaban J connectivity index is 2.96. The van der Waals surface area contributed by atoms with Crippen LogP contribution in [0.25, 0.3) is 10.8 Å². The third kappa shape index (κ3) is 1.49. The molecule has 0 aliphatic rings. The van der Waals surface area contributed by atoms with Gasteiger partial charge in [-0.05, 0) is 15.9 Å². The van der Waals surface area contributed by atoms with Crippen molar-refractivity contribution in [2.75, 3.05) is 7.11 Å². The first-order valence-corrected chi connectivity index (χ1v) is 5.05. The predicted octanol–water partition coefficient (Wildman–Crippen LogP) is 3.89. The van der Waals surface area contributed by atoms with Crippen LogP contribution in [0, 0.1) is 11.6 Å². The van der Waals surface area contributed by atoms with Crippen LogP contribution in [-0.4, -0.2) is 7.11 Å². The van der Waals surface area contributed by atoms with Gasteiger partial charge in [0.15, 0.2) is 11.6 Å². The second-order valence-corrected chi connectivity index (χ2v) is 3.81. The van der Waals surface area contributed by atoms with E-state index in [9.17, 15) is 8.78 Å². The Morgan fingerprint density at radius 3 is 2.27 bits per heavy atom. The van der Waals surface area contributed by atoms with E-state index in [1.165, 1.54) is 13.2 Å². The predicted molar refractivity (Wildman–Crippen MR) is 58.1 cm³/mol. The fourth-order valence-corrected chi connectivity index (χ4v) is 2.16. The average Bonchev–Trinajstić information content (AvgIpc) is 2.27. The van der Waals surface area contributed by atoms with E-state index < -0.39 is 11.6 Å². The minimum absolute atomic E-state index is 0.105. The van der Waals surface area contributed by atoms with Crippen molar-refractivity contribution in [3.63, 3.8) is 0 Å². The van der Waals surface area contributed by atoms with Crippen LogP contribution in [0.4, 0.5) is 8.78 Å². The van der Waals surface area contributed by atoms with Gasteiger partial charge in [0, 0.05) is 10.8 Å². The largest absolute Gasteiger partial charge is 0.492 e. The zero-order valence-corrected chi connectivity index (χ0v) is 9.44. The summed E-state index contributed by atoms with van der Waals surface area (Å²) in [7, 11) is 1.30. The third-order valence-electron chi connectivity index (χ3n) is 2.20. The molecule has 0 aliphatic carbocycles. The van der Waals surface area contributed by atoms with E-state index >= 15 is 0 Å². The van der Waals surface area contributed by atoms with Gasteiger partial charge in [-0.15, -0.1) is 0 Å². The van der Waals surface area contributed by atoms with E-state index in [1.807, 2.05) is 0 Å². The normalized spacial score (nSPS) is 10.7. The molecular weight excluding hydrogens is 266 g/mol. The molecule has 2 rings (SSSR count). The van der Waals surface area contributed by atoms with Gasteiger partial charge in [0.2, 0.25) is 5.82 Å². The van der Waals surface area contributed by atoms with Crippen molar-refractivity contribution in [2.24, 2.45) is 0 Å². The van der Waals surface area contributed by atoms with Gasteiger partial charge in [-0.2, -0.15) is 4.39 Å². The van der Waals surface area contributed by atoms with Crippen LogP contribution in [-0.2, 0) is 0 Å². The quantitative estimate of drug-likeness (QED) is 0.716. The molecule has 2 aromatic carbocycles. The van der Waals surface area contributed by atoms with Crippen LogP contribution < -0.4 is 4.74 Å². The molecule has 0 heterocycles. The van der Waals surface area contributed by atoms with E-state index in [1.54, 1.807) is 18.2 Å². The highest BCUT2D eigenvalue weighted by molar-refractivity contribution is 9.10. The Bertz CT molecular complexity index is 525. The fraction of sp³-hybridized carbons (Fsp3) is 0.0909. The second-order valence-electron chi connectivity index (χ2n) is 3.02. The van der Waals surface area contributed by atoms with Crippen LogP contribution in [0.5, 0.6) is 5.75 Å². The third-order valence-corrected chi connectivity index (χ3v) is 2.98. The Kier molecular flexibility index (Phi) is 2.61. The van der Waals surface area contributed by atoms with Gasteiger partial charge in [-0.1, -0.05) is 24.3 Å². The van der Waals surface area contributed by atoms with Crippen LogP contribution >= 0.6 is 15.9 Å². The summed E-state index contributed by atoms with van der Waals surface area (Å²) in [6.07, 6.45) is 0. The van der Waals surface area contributed by atoms with E-state index in [4.69, 9.17) is 4.74 Å². The van der Waals surface area contributed by atoms with Gasteiger partial charge in [-0.25, -0.2) is 4.39 Å². The summed E-state index contributed by atoms with van der Waals surface area (Å²) in [6, 6.07) is 6.63. The van der Waals surface area contributed by atoms with Crippen molar-refractivity contribution in [3.8, 4) is 5.75 Å². The zero-order valence-electron chi connectivity index (χ0n) is 7.85. The van der Waals surface area contributed by atoms with E-state index in [2.05, 4.69) is 15.9 Å². The Morgan fingerprint density at radius 1 is 1.07 bits per heavy atom. The molecular formula is C11H7BrF2O. The van der Waals surface area contributed by atoms with Crippen molar-refractivity contribution in [2.45, 2.75) is 0 Å². The molecule has 0 unspecified atom stereocenters. The van der Waals surface area contributed by atoms with Gasteiger partial charge >= 0.3 is 0 Å². The molecule has 0 atom stereocenters. The fourth-order valence-electron chi connectivity index (χ4n) is 1.48. The Hall–Kier alpha value is -1.16. The lowest BCUT2D eigenvalue weighted by Crippen LogP contribution is -1.95. The van der Waals surface area contributed by atoms with E-state index in [0.29, 0.717) is 9.86 Å². The standard InChI is InChI=1S/C11H7BrF2O/c1-15-11-8(12)6-4-2-3-5-7(6)9(13)10(11)14/h2-5H,1H3. The molecule has 0 amide bonds. The first kappa shape index (κ1) is 10.4. The molecule has 0 spiro atoms. The molecule has 4 heteroatoms. The lowest BCUT2D eigenvalue weighted by molar-refractivity contribution is 0.371. The molecule has 1 nitrogen and oxygen atoms in total. The molecule has 0 radical (unpaired) electrons. The van der Waals surface area contributed by atoms with Gasteiger partial charge in [-0.3, -0.25) is 0 Å². The number of halogens is 3. The lowest BCUT2D eigenvalue weighted by Gasteiger charge is -2.09. The molecule has 15 heavy (non-hydrogen) atoms. The summed E-state index contributed by atoms with van der Waals surface area (Å²) in [5, 5.41) is 0.830. The van der Waals surface area contributed by atoms with Crippen molar-refractivity contribution in [1.82, 2.24) is 0 Å². The van der Waals surface area contributed by atoms with E-state index in [-0.39, 0.29) is 11.1 Å². The SMILES string of the molecule is COc1c(F)c(F)c2ccccc2c1Br. The number of fused-ring (bicyclic) bond motifs is 1. The van der Waals surface area contributed by atoms with Crippen molar-refractivity contribution < 1.29 is 13.5 Å². The molecule has 0 N–H and O–H groups in total. The Morgan fingerprint density at radius 2 is 1.67 bits per heavy atom. The molecule has 2 aromatic rings. The highest BCUT2D eigenvalue weighted by Crippen LogP contribution is 2.37. The minimum Gasteiger partial charge on any atom is -0.492 e. The molecule has 0 bridgehead atoms. The molecule has 0 saturated heterocycles. The van der Waals surface area contributed by atoms with Crippen LogP contribution in [0.15, 0.2) is 28.7 Å². The van der Waals surface area contributed by atoms with E-state index in [0.717, 1.165) is 0 Å². The number of hydrogen-bond donors (Lipinski definition) is 0. The van der Waals surface area contributed by atoms with Gasteiger partial charge in [0.25, 0.3) is 0 Å². The van der Waals surface area contributed by atoms with Crippen molar-refractivity contribution in [3.05, 3.63) is 40.4 Å². The maximum absolute atomic E-state index is 13.5. The number of ether oxygens (including phenoxy) is 1. The second kappa shape index (κ2) is 3.77. The van der Waals surface area contributed by atoms with Crippen LogP contribution in [0.3, 0.4) is 0 Å². The number of methoxy groups -OCH3 is 1. The number of rotatable bonds is 1. The topological polar surface area (TPSA) is 9.23 Å². The minimum atomic E-state index is -0.969. The molecule has 0 fully saturated rings. The first-order chi connectivity index (χ1) is 7.16. The van der Waals surface area contributed by atoms with Crippen LogP contribution in [0.2, 0.25) is 0 Å². The highest BCUT2D eigenvalue weighted by atomic mass is 79.9. The van der Waals surface area contributed by atoms with Gasteiger partial charge in [0.05, 0.1) is 11.6 Å². The lowest BCUT2D eigenvalue weighted by atomic mass is 10.1. The summed E-state index contributed by atoms with van der Waals surface area (Å²) in [6.45, 7) is 0. The summed E-state index contributed by atoms with van der Waals surface area (Å²) in [5.41, 5.74) is 0. The summed E-state index contributed by atoms with van der Waals surface area (Å²) >= 11 is 3.20. The molecule has 0 saturated carbocycles. The summed E-state index contributed by atoms with van der Waals surface area (Å²) in [4.78, 5) is 0.